The van der Waals surface area contributed by atoms with E-state index >= 15 is 0 Å². The van der Waals surface area contributed by atoms with E-state index in [1.54, 1.807) is 31.2 Å². The van der Waals surface area contributed by atoms with E-state index in [0.717, 1.165) is 11.1 Å². The molecule has 1 aromatic heterocycles. The minimum Gasteiger partial charge on any atom is -0.465 e. The summed E-state index contributed by atoms with van der Waals surface area (Å²) in [5, 5.41) is 2.83. The number of aromatic nitrogens is 2. The fourth-order valence-electron chi connectivity index (χ4n) is 2.45. The number of nitrogens with zero attached hydrogens (tertiary/aromatic N) is 2. The zero-order valence-electron chi connectivity index (χ0n) is 13.9. The Morgan fingerprint density at radius 1 is 1.00 bits per heavy atom. The Kier molecular flexibility index (Phi) is 4.70. The molecule has 0 aliphatic carbocycles. The summed E-state index contributed by atoms with van der Waals surface area (Å²) in [5.74, 6) is -0.676. The number of amides is 1. The maximum absolute atomic E-state index is 12.4. The van der Waals surface area contributed by atoms with Crippen molar-refractivity contribution in [1.29, 1.82) is 0 Å². The monoisotopic (exact) mass is 335 g/mol. The largest absolute Gasteiger partial charge is 0.465 e. The summed E-state index contributed by atoms with van der Waals surface area (Å²) in [4.78, 5) is 32.6. The van der Waals surface area contributed by atoms with Gasteiger partial charge in [-0.1, -0.05) is 24.3 Å². The van der Waals surface area contributed by atoms with Crippen molar-refractivity contribution in [2.45, 2.75) is 13.5 Å². The van der Waals surface area contributed by atoms with E-state index < -0.39 is 5.97 Å². The summed E-state index contributed by atoms with van der Waals surface area (Å²) in [7, 11) is 1.34. The third-order valence-electron chi connectivity index (χ3n) is 3.79. The fourth-order valence-corrected chi connectivity index (χ4v) is 2.45. The van der Waals surface area contributed by atoms with Crippen LogP contribution in [-0.4, -0.2) is 29.0 Å². The molecule has 0 spiro atoms. The van der Waals surface area contributed by atoms with Crippen LogP contribution in [0.4, 0.5) is 0 Å². The highest BCUT2D eigenvalue weighted by atomic mass is 16.5. The number of benzene rings is 2. The average molecular weight is 335 g/mol. The van der Waals surface area contributed by atoms with E-state index in [-0.39, 0.29) is 5.91 Å². The zero-order chi connectivity index (χ0) is 17.8. The van der Waals surface area contributed by atoms with Gasteiger partial charge in [-0.2, -0.15) is 0 Å². The molecule has 3 aromatic rings. The van der Waals surface area contributed by atoms with E-state index in [9.17, 15) is 9.59 Å². The number of carbonyl (C=O) groups is 2. The van der Waals surface area contributed by atoms with Gasteiger partial charge in [0.15, 0.2) is 0 Å². The first-order valence-corrected chi connectivity index (χ1v) is 7.77. The number of esters is 1. The van der Waals surface area contributed by atoms with Gasteiger partial charge >= 0.3 is 5.97 Å². The highest BCUT2D eigenvalue weighted by molar-refractivity contribution is 5.95. The quantitative estimate of drug-likeness (QED) is 0.741. The van der Waals surface area contributed by atoms with Crippen molar-refractivity contribution in [2.75, 3.05) is 7.11 Å². The van der Waals surface area contributed by atoms with Crippen molar-refractivity contribution in [3.05, 3.63) is 71.0 Å². The molecule has 0 saturated heterocycles. The number of fused-ring (bicyclic) bond motifs is 1. The standard InChI is InChI=1S/C19H17N3O3/c1-12-17(22-16-6-4-3-5-15(16)21-12)18(23)20-11-13-7-9-14(10-8-13)19(24)25-2/h3-10H,11H2,1-2H3,(H,20,23). The minimum absolute atomic E-state index is 0.284. The number of para-hydroxylation sites is 2. The second-order valence-corrected chi connectivity index (χ2v) is 5.52. The Bertz CT molecular complexity index is 936. The number of carbonyl (C=O) groups excluding carboxylic acids is 2. The van der Waals surface area contributed by atoms with Crippen LogP contribution in [0, 0.1) is 6.92 Å². The molecule has 2 aromatic carbocycles. The number of hydrogen-bond donors (Lipinski definition) is 1. The number of hydrogen-bond acceptors (Lipinski definition) is 5. The van der Waals surface area contributed by atoms with Crippen LogP contribution in [-0.2, 0) is 11.3 Å². The van der Waals surface area contributed by atoms with Crippen molar-refractivity contribution in [3.8, 4) is 0 Å². The summed E-state index contributed by atoms with van der Waals surface area (Å²) >= 11 is 0. The van der Waals surface area contributed by atoms with Crippen LogP contribution in [0.3, 0.4) is 0 Å². The van der Waals surface area contributed by atoms with Gasteiger partial charge in [0.2, 0.25) is 0 Å². The number of nitrogens with one attached hydrogen (secondary N) is 1. The third kappa shape index (κ3) is 3.63. The molecule has 0 unspecified atom stereocenters. The van der Waals surface area contributed by atoms with E-state index in [1.807, 2.05) is 24.3 Å². The van der Waals surface area contributed by atoms with Gasteiger partial charge in [-0.05, 0) is 36.8 Å². The van der Waals surface area contributed by atoms with Crippen LogP contribution in [0.2, 0.25) is 0 Å². The first kappa shape index (κ1) is 16.6. The van der Waals surface area contributed by atoms with E-state index in [0.29, 0.717) is 29.0 Å². The number of methoxy groups -OCH3 is 1. The van der Waals surface area contributed by atoms with E-state index in [2.05, 4.69) is 20.0 Å². The molecular formula is C19H17N3O3. The van der Waals surface area contributed by atoms with Crippen molar-refractivity contribution >= 4 is 22.9 Å². The fraction of sp³-hybridized carbons (Fsp3) is 0.158. The summed E-state index contributed by atoms with van der Waals surface area (Å²) < 4.78 is 4.66. The molecule has 0 saturated carbocycles. The van der Waals surface area contributed by atoms with Gasteiger partial charge in [-0.25, -0.2) is 14.8 Å². The molecule has 3 rings (SSSR count). The second kappa shape index (κ2) is 7.09. The number of ether oxygens (including phenoxy) is 1. The van der Waals surface area contributed by atoms with Gasteiger partial charge in [0.1, 0.15) is 5.69 Å². The Hall–Kier alpha value is -3.28. The Morgan fingerprint density at radius 3 is 2.28 bits per heavy atom. The maximum Gasteiger partial charge on any atom is 0.337 e. The molecule has 25 heavy (non-hydrogen) atoms. The van der Waals surface area contributed by atoms with Crippen LogP contribution >= 0.6 is 0 Å². The zero-order valence-corrected chi connectivity index (χ0v) is 13.9. The van der Waals surface area contributed by atoms with Crippen LogP contribution in [0.15, 0.2) is 48.5 Å². The second-order valence-electron chi connectivity index (χ2n) is 5.52. The van der Waals surface area contributed by atoms with Crippen molar-refractivity contribution < 1.29 is 14.3 Å². The summed E-state index contributed by atoms with van der Waals surface area (Å²) in [5.41, 5.74) is 3.67. The molecular weight excluding hydrogens is 318 g/mol. The van der Waals surface area contributed by atoms with Crippen LogP contribution in [0.1, 0.15) is 32.1 Å². The molecule has 1 amide bonds. The first-order chi connectivity index (χ1) is 12.1. The molecule has 126 valence electrons. The normalized spacial score (nSPS) is 10.5. The van der Waals surface area contributed by atoms with Crippen LogP contribution in [0.25, 0.3) is 11.0 Å². The summed E-state index contributed by atoms with van der Waals surface area (Å²) in [6.45, 7) is 2.09. The molecule has 1 N–H and O–H groups in total. The summed E-state index contributed by atoms with van der Waals surface area (Å²) in [6, 6.07) is 14.3. The molecule has 0 aliphatic heterocycles. The van der Waals surface area contributed by atoms with Gasteiger partial charge in [0.25, 0.3) is 5.91 Å². The lowest BCUT2D eigenvalue weighted by molar-refractivity contribution is 0.0600. The van der Waals surface area contributed by atoms with Gasteiger partial charge < -0.3 is 10.1 Å². The van der Waals surface area contributed by atoms with Crippen LogP contribution in [0.5, 0.6) is 0 Å². The lowest BCUT2D eigenvalue weighted by Gasteiger charge is -2.08. The Balaban J connectivity index is 1.72. The number of rotatable bonds is 4. The lowest BCUT2D eigenvalue weighted by Crippen LogP contribution is -2.25. The molecule has 6 nitrogen and oxygen atoms in total. The molecule has 0 atom stereocenters. The highest BCUT2D eigenvalue weighted by Gasteiger charge is 2.13. The smallest absolute Gasteiger partial charge is 0.337 e. The van der Waals surface area contributed by atoms with Gasteiger partial charge in [-0.3, -0.25) is 4.79 Å². The minimum atomic E-state index is -0.391. The topological polar surface area (TPSA) is 81.2 Å². The highest BCUT2D eigenvalue weighted by Crippen LogP contribution is 2.12. The van der Waals surface area contributed by atoms with Gasteiger partial charge in [-0.15, -0.1) is 0 Å². The van der Waals surface area contributed by atoms with Gasteiger partial charge in [0.05, 0.1) is 29.4 Å². The SMILES string of the molecule is COC(=O)c1ccc(CNC(=O)c2nc3ccccc3nc2C)cc1. The molecule has 0 aliphatic rings. The predicted molar refractivity (Wildman–Crippen MR) is 93.2 cm³/mol. The number of aryl methyl sites for hydroxylation is 1. The molecule has 0 radical (unpaired) electrons. The van der Waals surface area contributed by atoms with Crippen LogP contribution < -0.4 is 5.32 Å². The molecule has 1 heterocycles. The predicted octanol–water partition coefficient (Wildman–Crippen LogP) is 2.65. The van der Waals surface area contributed by atoms with Crippen molar-refractivity contribution in [3.63, 3.8) is 0 Å². The third-order valence-corrected chi connectivity index (χ3v) is 3.79. The van der Waals surface area contributed by atoms with E-state index in [1.165, 1.54) is 7.11 Å². The Labute approximate surface area is 144 Å². The lowest BCUT2D eigenvalue weighted by atomic mass is 10.1. The maximum atomic E-state index is 12.4. The van der Waals surface area contributed by atoms with E-state index in [4.69, 9.17) is 0 Å². The molecule has 0 fully saturated rings. The van der Waals surface area contributed by atoms with Crippen molar-refractivity contribution in [1.82, 2.24) is 15.3 Å². The first-order valence-electron chi connectivity index (χ1n) is 7.77. The van der Waals surface area contributed by atoms with Crippen molar-refractivity contribution in [2.24, 2.45) is 0 Å². The average Bonchev–Trinajstić information content (AvgIpc) is 2.65. The van der Waals surface area contributed by atoms with Gasteiger partial charge in [0, 0.05) is 6.54 Å². The molecule has 6 heteroatoms. The Morgan fingerprint density at radius 2 is 1.64 bits per heavy atom. The summed E-state index contributed by atoms with van der Waals surface area (Å²) in [6.07, 6.45) is 0. The molecule has 0 bridgehead atoms.